The lowest BCUT2D eigenvalue weighted by atomic mass is 10.2. The summed E-state index contributed by atoms with van der Waals surface area (Å²) in [7, 11) is 0. The van der Waals surface area contributed by atoms with E-state index < -0.39 is 0 Å². The number of guanidine groups is 1. The number of thioether (sulfide) groups is 1. The van der Waals surface area contributed by atoms with Gasteiger partial charge >= 0.3 is 0 Å². The number of hydrogen-bond donors (Lipinski definition) is 2. The van der Waals surface area contributed by atoms with E-state index in [1.54, 1.807) is 0 Å². The van der Waals surface area contributed by atoms with Gasteiger partial charge in [0, 0.05) is 18.4 Å². The van der Waals surface area contributed by atoms with Gasteiger partial charge in [-0.2, -0.15) is 11.8 Å². The fraction of sp³-hybridized carbons (Fsp3) is 0.909. The number of nitrogens with zero attached hydrogens (tertiary/aromatic N) is 1. The van der Waals surface area contributed by atoms with Gasteiger partial charge in [-0.1, -0.05) is 6.92 Å². The predicted molar refractivity (Wildman–Crippen MR) is 71.1 cm³/mol. The van der Waals surface area contributed by atoms with E-state index in [4.69, 9.17) is 10.5 Å². The largest absolute Gasteiger partial charge is 0.376 e. The Kier molecular flexibility index (Phi) is 6.64. The molecule has 0 aromatic carbocycles. The maximum atomic E-state index is 5.76. The molecule has 3 N–H and O–H groups in total. The van der Waals surface area contributed by atoms with Crippen LogP contribution in [-0.2, 0) is 4.74 Å². The lowest BCUT2D eigenvalue weighted by molar-refractivity contribution is 0.118. The Morgan fingerprint density at radius 1 is 1.69 bits per heavy atom. The Morgan fingerprint density at radius 2 is 2.50 bits per heavy atom. The molecule has 1 heterocycles. The summed E-state index contributed by atoms with van der Waals surface area (Å²) < 4.78 is 5.47. The molecule has 4 nitrogen and oxygen atoms in total. The van der Waals surface area contributed by atoms with Gasteiger partial charge in [-0.3, -0.25) is 4.99 Å². The zero-order chi connectivity index (χ0) is 11.8. The van der Waals surface area contributed by atoms with Crippen LogP contribution in [0.3, 0.4) is 0 Å². The fourth-order valence-corrected chi connectivity index (χ4v) is 1.92. The minimum atomic E-state index is 0.283. The van der Waals surface area contributed by atoms with Gasteiger partial charge in [-0.05, 0) is 25.5 Å². The second-order valence-corrected chi connectivity index (χ2v) is 5.40. The summed E-state index contributed by atoms with van der Waals surface area (Å²) in [5.74, 6) is 0.545. The van der Waals surface area contributed by atoms with E-state index in [1.807, 2.05) is 11.8 Å². The van der Waals surface area contributed by atoms with Gasteiger partial charge in [-0.15, -0.1) is 0 Å². The van der Waals surface area contributed by atoms with Crippen molar-refractivity contribution in [2.75, 3.05) is 26.0 Å². The molecular formula is C11H23N3OS. The van der Waals surface area contributed by atoms with Crippen LogP contribution in [0.2, 0.25) is 0 Å². The van der Waals surface area contributed by atoms with E-state index >= 15 is 0 Å². The predicted octanol–water partition coefficient (Wildman–Crippen LogP) is 1.21. The van der Waals surface area contributed by atoms with E-state index in [2.05, 4.69) is 23.5 Å². The first-order valence-electron chi connectivity index (χ1n) is 5.90. The van der Waals surface area contributed by atoms with Crippen LogP contribution in [-0.4, -0.2) is 43.3 Å². The third kappa shape index (κ3) is 5.61. The van der Waals surface area contributed by atoms with Crippen LogP contribution >= 0.6 is 11.8 Å². The monoisotopic (exact) mass is 245 g/mol. The summed E-state index contributed by atoms with van der Waals surface area (Å²) in [6, 6.07) is 0. The maximum Gasteiger partial charge on any atom is 0.188 e. The van der Waals surface area contributed by atoms with Crippen molar-refractivity contribution in [1.29, 1.82) is 0 Å². The third-order valence-electron chi connectivity index (χ3n) is 2.75. The highest BCUT2D eigenvalue weighted by Gasteiger charge is 2.14. The Labute approximate surface area is 102 Å². The molecule has 0 radical (unpaired) electrons. The van der Waals surface area contributed by atoms with Crippen LogP contribution in [0, 0.1) is 0 Å². The summed E-state index contributed by atoms with van der Waals surface area (Å²) in [4.78, 5) is 4.28. The molecule has 16 heavy (non-hydrogen) atoms. The molecule has 0 aromatic heterocycles. The third-order valence-corrected chi connectivity index (χ3v) is 3.79. The molecule has 0 aliphatic carbocycles. The summed E-state index contributed by atoms with van der Waals surface area (Å²) in [5.41, 5.74) is 5.76. The minimum absolute atomic E-state index is 0.283. The number of rotatable bonds is 6. The van der Waals surface area contributed by atoms with Crippen molar-refractivity contribution in [2.45, 2.75) is 37.5 Å². The molecule has 0 aromatic rings. The lowest BCUT2D eigenvalue weighted by Gasteiger charge is -2.10. The summed E-state index contributed by atoms with van der Waals surface area (Å²) in [6.45, 7) is 4.67. The average Bonchev–Trinajstić information content (AvgIpc) is 2.79. The number of hydrogen-bond acceptors (Lipinski definition) is 3. The van der Waals surface area contributed by atoms with E-state index in [0.29, 0.717) is 17.8 Å². The normalized spacial score (nSPS) is 23.4. The number of nitrogens with two attached hydrogens (primary N) is 1. The zero-order valence-electron chi connectivity index (χ0n) is 10.2. The van der Waals surface area contributed by atoms with Crippen LogP contribution in [0.4, 0.5) is 0 Å². The standard InChI is InChI=1S/C11H23N3OS/c1-9(16-2)5-6-13-11(12)14-8-10-4-3-7-15-10/h9-10H,3-8H2,1-2H3,(H3,12,13,14)/t9-,10-/m1/s1. The first-order valence-corrected chi connectivity index (χ1v) is 7.19. The van der Waals surface area contributed by atoms with Crippen LogP contribution in [0.1, 0.15) is 26.2 Å². The number of aliphatic imine (C=N–C) groups is 1. The van der Waals surface area contributed by atoms with Crippen LogP contribution in [0.15, 0.2) is 4.99 Å². The topological polar surface area (TPSA) is 59.6 Å². The van der Waals surface area contributed by atoms with Crippen LogP contribution < -0.4 is 11.1 Å². The molecule has 0 spiro atoms. The van der Waals surface area contributed by atoms with Crippen molar-refractivity contribution >= 4 is 17.7 Å². The van der Waals surface area contributed by atoms with Gasteiger partial charge < -0.3 is 15.8 Å². The molecule has 1 saturated heterocycles. The molecule has 94 valence electrons. The highest BCUT2D eigenvalue weighted by Crippen LogP contribution is 2.11. The Balaban J connectivity index is 2.08. The minimum Gasteiger partial charge on any atom is -0.376 e. The van der Waals surface area contributed by atoms with Crippen LogP contribution in [0.25, 0.3) is 0 Å². The van der Waals surface area contributed by atoms with E-state index in [0.717, 1.165) is 32.4 Å². The number of nitrogens with one attached hydrogen (secondary N) is 1. The first-order chi connectivity index (χ1) is 7.72. The summed E-state index contributed by atoms with van der Waals surface area (Å²) >= 11 is 1.87. The molecule has 0 amide bonds. The quantitative estimate of drug-likeness (QED) is 0.545. The lowest BCUT2D eigenvalue weighted by Crippen LogP contribution is -2.34. The van der Waals surface area contributed by atoms with Crippen molar-refractivity contribution in [3.8, 4) is 0 Å². The van der Waals surface area contributed by atoms with Gasteiger partial charge in [0.05, 0.1) is 12.6 Å². The van der Waals surface area contributed by atoms with E-state index in [9.17, 15) is 0 Å². The first kappa shape index (κ1) is 13.6. The molecule has 1 rings (SSSR count). The Morgan fingerprint density at radius 3 is 3.12 bits per heavy atom. The van der Waals surface area contributed by atoms with Gasteiger partial charge in [0.1, 0.15) is 0 Å². The Bertz CT molecular complexity index is 217. The second-order valence-electron chi connectivity index (χ2n) is 4.12. The smallest absolute Gasteiger partial charge is 0.188 e. The summed E-state index contributed by atoms with van der Waals surface area (Å²) in [5, 5.41) is 3.80. The van der Waals surface area contributed by atoms with Gasteiger partial charge in [0.2, 0.25) is 0 Å². The van der Waals surface area contributed by atoms with Crippen LogP contribution in [0.5, 0.6) is 0 Å². The highest BCUT2D eigenvalue weighted by molar-refractivity contribution is 7.99. The Hall–Kier alpha value is -0.420. The molecule has 1 fully saturated rings. The molecule has 0 bridgehead atoms. The molecule has 0 unspecified atom stereocenters. The molecule has 0 saturated carbocycles. The summed E-state index contributed by atoms with van der Waals surface area (Å²) in [6.07, 6.45) is 5.78. The van der Waals surface area contributed by atoms with E-state index in [-0.39, 0.29) is 6.10 Å². The highest BCUT2D eigenvalue weighted by atomic mass is 32.2. The molecule has 1 aliphatic rings. The van der Waals surface area contributed by atoms with Crippen molar-refractivity contribution in [3.63, 3.8) is 0 Å². The van der Waals surface area contributed by atoms with Gasteiger partial charge in [0.25, 0.3) is 0 Å². The van der Waals surface area contributed by atoms with Crippen molar-refractivity contribution in [1.82, 2.24) is 5.32 Å². The molecule has 2 atom stereocenters. The van der Waals surface area contributed by atoms with Crippen molar-refractivity contribution in [3.05, 3.63) is 0 Å². The molecular weight excluding hydrogens is 222 g/mol. The van der Waals surface area contributed by atoms with Gasteiger partial charge in [-0.25, -0.2) is 0 Å². The zero-order valence-corrected chi connectivity index (χ0v) is 11.1. The second kappa shape index (κ2) is 7.79. The average molecular weight is 245 g/mol. The van der Waals surface area contributed by atoms with Crippen molar-refractivity contribution < 1.29 is 4.74 Å². The SMILES string of the molecule is CS[C@H](C)CCNC(N)=NC[C@H]1CCCO1. The number of ether oxygens (including phenoxy) is 1. The fourth-order valence-electron chi connectivity index (χ4n) is 1.57. The van der Waals surface area contributed by atoms with Gasteiger partial charge in [0.15, 0.2) is 5.96 Å². The maximum absolute atomic E-state index is 5.76. The van der Waals surface area contributed by atoms with E-state index in [1.165, 1.54) is 0 Å². The molecule has 5 heteroatoms. The van der Waals surface area contributed by atoms with Crippen molar-refractivity contribution in [2.24, 2.45) is 10.7 Å². The molecule has 1 aliphatic heterocycles.